The van der Waals surface area contributed by atoms with E-state index in [-0.39, 0.29) is 18.4 Å². The van der Waals surface area contributed by atoms with E-state index in [1.54, 1.807) is 0 Å². The maximum atomic E-state index is 15.5. The summed E-state index contributed by atoms with van der Waals surface area (Å²) < 4.78 is 20.9. The van der Waals surface area contributed by atoms with E-state index in [1.165, 1.54) is 18.4 Å². The standard InChI is InChI=1S/C18H21FN4O/c19-18(10-20-9-13(18)11-5-6-11)17-22-16(23-24-17)15-8-7-12-3-1-2-4-14(12)21-15/h7-8,11,13,20H,1-6,9-10H2. The topological polar surface area (TPSA) is 63.8 Å². The molecule has 2 unspecified atom stereocenters. The van der Waals surface area contributed by atoms with Gasteiger partial charge >= 0.3 is 0 Å². The largest absolute Gasteiger partial charge is 0.335 e. The van der Waals surface area contributed by atoms with Crippen LogP contribution >= 0.6 is 0 Å². The van der Waals surface area contributed by atoms with Gasteiger partial charge in [-0.1, -0.05) is 11.2 Å². The highest BCUT2D eigenvalue weighted by Crippen LogP contribution is 2.49. The van der Waals surface area contributed by atoms with Gasteiger partial charge in [-0.15, -0.1) is 0 Å². The van der Waals surface area contributed by atoms with E-state index >= 15 is 4.39 Å². The van der Waals surface area contributed by atoms with Crippen LogP contribution in [-0.4, -0.2) is 28.2 Å². The summed E-state index contributed by atoms with van der Waals surface area (Å²) in [6, 6.07) is 4.02. The predicted molar refractivity (Wildman–Crippen MR) is 86.0 cm³/mol. The third kappa shape index (κ3) is 2.27. The molecule has 6 heteroatoms. The second kappa shape index (κ2) is 5.34. The summed E-state index contributed by atoms with van der Waals surface area (Å²) in [7, 11) is 0. The Balaban J connectivity index is 1.47. The molecule has 2 fully saturated rings. The molecule has 0 bridgehead atoms. The van der Waals surface area contributed by atoms with Gasteiger partial charge in [0.1, 0.15) is 5.69 Å². The molecule has 1 N–H and O–H groups in total. The van der Waals surface area contributed by atoms with Crippen molar-refractivity contribution in [3.8, 4) is 11.5 Å². The molecule has 2 aromatic heterocycles. The minimum absolute atomic E-state index is 0.0534. The highest BCUT2D eigenvalue weighted by molar-refractivity contribution is 5.50. The summed E-state index contributed by atoms with van der Waals surface area (Å²) in [6.07, 6.45) is 6.68. The van der Waals surface area contributed by atoms with Crippen LogP contribution < -0.4 is 5.32 Å². The molecule has 0 spiro atoms. The molecular formula is C18H21FN4O. The van der Waals surface area contributed by atoms with Crippen LogP contribution in [0.2, 0.25) is 0 Å². The molecule has 24 heavy (non-hydrogen) atoms. The molecule has 1 saturated heterocycles. The summed E-state index contributed by atoms with van der Waals surface area (Å²) >= 11 is 0. The first kappa shape index (κ1) is 14.5. The lowest BCUT2D eigenvalue weighted by molar-refractivity contribution is 0.0708. The quantitative estimate of drug-likeness (QED) is 0.938. The molecule has 2 aromatic rings. The first-order chi connectivity index (χ1) is 11.7. The molecule has 0 amide bonds. The Morgan fingerprint density at radius 2 is 2.04 bits per heavy atom. The molecule has 1 saturated carbocycles. The lowest BCUT2D eigenvalue weighted by Crippen LogP contribution is -2.31. The fraction of sp³-hybridized carbons (Fsp3) is 0.611. The molecule has 3 aliphatic rings. The fourth-order valence-corrected chi connectivity index (χ4v) is 4.18. The van der Waals surface area contributed by atoms with E-state index in [0.717, 1.165) is 31.4 Å². The lowest BCUT2D eigenvalue weighted by atomic mass is 9.88. The van der Waals surface area contributed by atoms with Crippen LogP contribution in [0.4, 0.5) is 4.39 Å². The van der Waals surface area contributed by atoms with Crippen molar-refractivity contribution in [1.29, 1.82) is 0 Å². The summed E-state index contributed by atoms with van der Waals surface area (Å²) in [6.45, 7) is 0.948. The van der Waals surface area contributed by atoms with Gasteiger partial charge in [0, 0.05) is 24.7 Å². The van der Waals surface area contributed by atoms with Crippen LogP contribution in [0.5, 0.6) is 0 Å². The second-order valence-corrected chi connectivity index (χ2v) is 7.37. The summed E-state index contributed by atoms with van der Waals surface area (Å²) in [5.41, 5.74) is 1.58. The zero-order valence-corrected chi connectivity index (χ0v) is 13.6. The van der Waals surface area contributed by atoms with Gasteiger partial charge in [-0.05, 0) is 56.1 Å². The van der Waals surface area contributed by atoms with Gasteiger partial charge in [-0.2, -0.15) is 4.98 Å². The third-order valence-electron chi connectivity index (χ3n) is 5.71. The number of nitrogens with zero attached hydrogens (tertiary/aromatic N) is 3. The average Bonchev–Trinajstić information content (AvgIpc) is 3.17. The Morgan fingerprint density at radius 1 is 1.17 bits per heavy atom. The zero-order valence-electron chi connectivity index (χ0n) is 13.6. The van der Waals surface area contributed by atoms with Crippen molar-refractivity contribution >= 4 is 0 Å². The number of rotatable bonds is 3. The van der Waals surface area contributed by atoms with Crippen LogP contribution in [0.3, 0.4) is 0 Å². The SMILES string of the molecule is FC1(c2nc(-c3ccc4c(n3)CCCC4)no2)CNCC1C1CC1. The van der Waals surface area contributed by atoms with Crippen LogP contribution in [0.1, 0.15) is 42.8 Å². The van der Waals surface area contributed by atoms with Crippen molar-refractivity contribution < 1.29 is 8.91 Å². The molecule has 0 aromatic carbocycles. The zero-order chi connectivity index (χ0) is 16.1. The molecule has 2 aliphatic carbocycles. The molecule has 5 nitrogen and oxygen atoms in total. The van der Waals surface area contributed by atoms with Crippen LogP contribution in [0.25, 0.3) is 11.5 Å². The molecule has 1 aliphatic heterocycles. The van der Waals surface area contributed by atoms with Gasteiger partial charge in [-0.25, -0.2) is 9.37 Å². The fourth-order valence-electron chi connectivity index (χ4n) is 4.18. The smallest absolute Gasteiger partial charge is 0.266 e. The van der Waals surface area contributed by atoms with Crippen molar-refractivity contribution in [2.45, 2.75) is 44.2 Å². The Hall–Kier alpha value is -1.82. The molecule has 5 rings (SSSR count). The number of pyridine rings is 1. The number of fused-ring (bicyclic) bond motifs is 1. The van der Waals surface area contributed by atoms with Crippen molar-refractivity contribution in [1.82, 2.24) is 20.4 Å². The number of hydrogen-bond acceptors (Lipinski definition) is 5. The maximum absolute atomic E-state index is 15.5. The van der Waals surface area contributed by atoms with Crippen molar-refractivity contribution in [2.75, 3.05) is 13.1 Å². The van der Waals surface area contributed by atoms with Gasteiger partial charge in [0.05, 0.1) is 0 Å². The number of aryl methyl sites for hydroxylation is 2. The molecular weight excluding hydrogens is 307 g/mol. The predicted octanol–water partition coefficient (Wildman–Crippen LogP) is 2.80. The Bertz CT molecular complexity index is 772. The molecule has 3 heterocycles. The highest BCUT2D eigenvalue weighted by atomic mass is 19.1. The number of nitrogens with one attached hydrogen (secondary N) is 1. The van der Waals surface area contributed by atoms with Crippen molar-refractivity contribution in [2.24, 2.45) is 11.8 Å². The summed E-state index contributed by atoms with van der Waals surface area (Å²) in [4.78, 5) is 9.08. The van der Waals surface area contributed by atoms with Crippen molar-refractivity contribution in [3.05, 3.63) is 29.3 Å². The van der Waals surface area contributed by atoms with Crippen LogP contribution in [0.15, 0.2) is 16.7 Å². The van der Waals surface area contributed by atoms with Gasteiger partial charge in [0.2, 0.25) is 11.5 Å². The van der Waals surface area contributed by atoms with Crippen molar-refractivity contribution in [3.63, 3.8) is 0 Å². The number of aromatic nitrogens is 3. The van der Waals surface area contributed by atoms with E-state index in [0.29, 0.717) is 24.0 Å². The number of alkyl halides is 1. The number of hydrogen-bond donors (Lipinski definition) is 1. The Kier molecular flexibility index (Phi) is 3.23. The first-order valence-corrected chi connectivity index (χ1v) is 8.97. The van der Waals surface area contributed by atoms with E-state index in [1.807, 2.05) is 6.07 Å². The summed E-state index contributed by atoms with van der Waals surface area (Å²) in [5, 5.41) is 7.18. The minimum Gasteiger partial charge on any atom is -0.335 e. The normalized spacial score (nSPS) is 29.6. The van der Waals surface area contributed by atoms with Gasteiger partial charge in [0.15, 0.2) is 0 Å². The highest BCUT2D eigenvalue weighted by Gasteiger charge is 2.55. The monoisotopic (exact) mass is 328 g/mol. The maximum Gasteiger partial charge on any atom is 0.266 e. The second-order valence-electron chi connectivity index (χ2n) is 7.37. The molecule has 2 atom stereocenters. The minimum atomic E-state index is -1.54. The Morgan fingerprint density at radius 3 is 2.92 bits per heavy atom. The molecule has 126 valence electrons. The first-order valence-electron chi connectivity index (χ1n) is 8.97. The Labute approximate surface area is 140 Å². The van der Waals surface area contributed by atoms with E-state index in [9.17, 15) is 0 Å². The van der Waals surface area contributed by atoms with E-state index in [4.69, 9.17) is 4.52 Å². The van der Waals surface area contributed by atoms with Gasteiger partial charge in [0.25, 0.3) is 5.89 Å². The molecule has 0 radical (unpaired) electrons. The lowest BCUT2D eigenvalue weighted by Gasteiger charge is -2.21. The number of halogens is 1. The van der Waals surface area contributed by atoms with E-state index in [2.05, 4.69) is 26.5 Å². The average molecular weight is 328 g/mol. The van der Waals surface area contributed by atoms with Gasteiger partial charge < -0.3 is 9.84 Å². The van der Waals surface area contributed by atoms with Crippen LogP contribution in [0, 0.1) is 11.8 Å². The summed E-state index contributed by atoms with van der Waals surface area (Å²) in [5.74, 6) is 0.903. The third-order valence-corrected chi connectivity index (χ3v) is 5.71. The van der Waals surface area contributed by atoms with Crippen LogP contribution in [-0.2, 0) is 18.5 Å². The van der Waals surface area contributed by atoms with Gasteiger partial charge in [-0.3, -0.25) is 0 Å². The van der Waals surface area contributed by atoms with E-state index < -0.39 is 5.67 Å².